The van der Waals surface area contributed by atoms with E-state index in [1.54, 1.807) is 10.9 Å². The first-order chi connectivity index (χ1) is 8.20. The lowest BCUT2D eigenvalue weighted by Crippen LogP contribution is -2.16. The number of nitrogens with two attached hydrogens (primary N) is 1. The van der Waals surface area contributed by atoms with E-state index in [1.165, 1.54) is 5.56 Å². The summed E-state index contributed by atoms with van der Waals surface area (Å²) in [6.07, 6.45) is 7.39. The monoisotopic (exact) mass is 230 g/mol. The highest BCUT2D eigenvalue weighted by molar-refractivity contribution is 5.24. The molecule has 0 fully saturated rings. The second-order valence-electron chi connectivity index (χ2n) is 4.23. The topological polar surface area (TPSA) is 56.7 Å². The van der Waals surface area contributed by atoms with Gasteiger partial charge in [0.1, 0.15) is 0 Å². The third kappa shape index (κ3) is 2.71. The van der Waals surface area contributed by atoms with Gasteiger partial charge in [-0.25, -0.2) is 0 Å². The van der Waals surface area contributed by atoms with Crippen LogP contribution in [0, 0.1) is 0 Å². The molecule has 0 radical (unpaired) electrons. The Morgan fingerprint density at radius 3 is 2.94 bits per heavy atom. The Morgan fingerprint density at radius 1 is 1.47 bits per heavy atom. The maximum Gasteiger partial charge on any atom is 0.0606 e. The average Bonchev–Trinajstić information content (AvgIpc) is 2.74. The number of hydrogen-bond acceptors (Lipinski definition) is 3. The molecule has 0 saturated carbocycles. The van der Waals surface area contributed by atoms with Crippen LogP contribution in [0.25, 0.3) is 0 Å². The van der Waals surface area contributed by atoms with Crippen molar-refractivity contribution >= 4 is 0 Å². The Hall–Kier alpha value is -1.68. The zero-order chi connectivity index (χ0) is 12.3. The number of nitrogens with zero attached hydrogens (tertiary/aromatic N) is 3. The predicted octanol–water partition coefficient (Wildman–Crippen LogP) is 1.62. The van der Waals surface area contributed by atoms with Gasteiger partial charge < -0.3 is 5.73 Å². The molecule has 90 valence electrons. The molecular formula is C13H18N4. The molecule has 2 heterocycles. The van der Waals surface area contributed by atoms with Gasteiger partial charge in [-0.1, -0.05) is 13.0 Å². The molecule has 0 spiro atoms. The van der Waals surface area contributed by atoms with E-state index in [2.05, 4.69) is 23.1 Å². The van der Waals surface area contributed by atoms with Gasteiger partial charge in [-0.05, 0) is 30.0 Å². The lowest BCUT2D eigenvalue weighted by molar-refractivity contribution is 0.684. The third-order valence-electron chi connectivity index (χ3n) is 2.87. The van der Waals surface area contributed by atoms with Crippen molar-refractivity contribution in [1.29, 1.82) is 0 Å². The molecular weight excluding hydrogens is 212 g/mol. The molecule has 0 aromatic carbocycles. The van der Waals surface area contributed by atoms with Gasteiger partial charge in [0, 0.05) is 19.4 Å². The van der Waals surface area contributed by atoms with E-state index in [9.17, 15) is 0 Å². The molecule has 2 aromatic heterocycles. The van der Waals surface area contributed by atoms with Gasteiger partial charge in [0.25, 0.3) is 0 Å². The Morgan fingerprint density at radius 2 is 2.29 bits per heavy atom. The highest BCUT2D eigenvalue weighted by atomic mass is 15.2. The maximum atomic E-state index is 6.21. The molecule has 0 bridgehead atoms. The summed E-state index contributed by atoms with van der Waals surface area (Å²) in [5, 5.41) is 4.15. The number of aryl methyl sites for hydroxylation is 2. The van der Waals surface area contributed by atoms with E-state index < -0.39 is 0 Å². The summed E-state index contributed by atoms with van der Waals surface area (Å²) < 4.78 is 1.79. The second-order valence-corrected chi connectivity index (χ2v) is 4.23. The summed E-state index contributed by atoms with van der Waals surface area (Å²) >= 11 is 0. The van der Waals surface area contributed by atoms with Crippen LogP contribution in [0.2, 0.25) is 0 Å². The minimum absolute atomic E-state index is 0.0599. The van der Waals surface area contributed by atoms with Crippen LogP contribution < -0.4 is 5.73 Å². The van der Waals surface area contributed by atoms with E-state index in [1.807, 2.05) is 25.5 Å². The van der Waals surface area contributed by atoms with Crippen LogP contribution in [-0.2, 0) is 19.9 Å². The van der Waals surface area contributed by atoms with Crippen molar-refractivity contribution in [3.05, 3.63) is 47.5 Å². The molecule has 4 nitrogen and oxygen atoms in total. The molecule has 0 aliphatic carbocycles. The maximum absolute atomic E-state index is 6.21. The van der Waals surface area contributed by atoms with Crippen LogP contribution in [0.1, 0.15) is 29.8 Å². The molecule has 0 amide bonds. The molecule has 0 aliphatic heterocycles. The van der Waals surface area contributed by atoms with Crippen LogP contribution in [0.5, 0.6) is 0 Å². The number of hydrogen-bond donors (Lipinski definition) is 1. The van der Waals surface area contributed by atoms with Gasteiger partial charge in [-0.2, -0.15) is 5.10 Å². The van der Waals surface area contributed by atoms with Crippen LogP contribution in [0.15, 0.2) is 30.7 Å². The summed E-state index contributed by atoms with van der Waals surface area (Å²) in [6.45, 7) is 2.12. The minimum atomic E-state index is -0.0599. The van der Waals surface area contributed by atoms with Crippen LogP contribution in [0.4, 0.5) is 0 Å². The summed E-state index contributed by atoms with van der Waals surface area (Å²) in [7, 11) is 1.91. The zero-order valence-corrected chi connectivity index (χ0v) is 10.3. The first-order valence-electron chi connectivity index (χ1n) is 5.87. The van der Waals surface area contributed by atoms with E-state index in [-0.39, 0.29) is 6.04 Å². The Bertz CT molecular complexity index is 490. The SMILES string of the molecule is CCc1cccnc1C(N)Cc1cnn(C)c1. The van der Waals surface area contributed by atoms with Crippen molar-refractivity contribution in [3.8, 4) is 0 Å². The smallest absolute Gasteiger partial charge is 0.0606 e. The molecule has 2 N–H and O–H groups in total. The van der Waals surface area contributed by atoms with Crippen molar-refractivity contribution in [1.82, 2.24) is 14.8 Å². The summed E-state index contributed by atoms with van der Waals surface area (Å²) in [6, 6.07) is 3.99. The molecule has 0 saturated heterocycles. The van der Waals surface area contributed by atoms with E-state index in [0.717, 1.165) is 24.1 Å². The molecule has 1 atom stereocenters. The highest BCUT2D eigenvalue weighted by Crippen LogP contribution is 2.17. The predicted molar refractivity (Wildman–Crippen MR) is 67.5 cm³/mol. The summed E-state index contributed by atoms with van der Waals surface area (Å²) in [5.41, 5.74) is 9.58. The normalized spacial score (nSPS) is 12.6. The highest BCUT2D eigenvalue weighted by Gasteiger charge is 2.12. The molecule has 17 heavy (non-hydrogen) atoms. The molecule has 4 heteroatoms. The van der Waals surface area contributed by atoms with Crippen molar-refractivity contribution in [2.75, 3.05) is 0 Å². The minimum Gasteiger partial charge on any atom is -0.322 e. The molecule has 1 unspecified atom stereocenters. The van der Waals surface area contributed by atoms with Gasteiger partial charge in [-0.3, -0.25) is 9.67 Å². The van der Waals surface area contributed by atoms with Gasteiger partial charge >= 0.3 is 0 Å². The van der Waals surface area contributed by atoms with E-state index >= 15 is 0 Å². The van der Waals surface area contributed by atoms with Crippen molar-refractivity contribution in [3.63, 3.8) is 0 Å². The zero-order valence-electron chi connectivity index (χ0n) is 10.3. The third-order valence-corrected chi connectivity index (χ3v) is 2.87. The summed E-state index contributed by atoms with van der Waals surface area (Å²) in [4.78, 5) is 4.40. The molecule has 0 aliphatic rings. The Balaban J connectivity index is 2.16. The second kappa shape index (κ2) is 5.10. The molecule has 2 aromatic rings. The lowest BCUT2D eigenvalue weighted by Gasteiger charge is -2.13. The van der Waals surface area contributed by atoms with Gasteiger partial charge in [0.2, 0.25) is 0 Å². The largest absolute Gasteiger partial charge is 0.322 e. The number of rotatable bonds is 4. The van der Waals surface area contributed by atoms with E-state index in [0.29, 0.717) is 0 Å². The summed E-state index contributed by atoms with van der Waals surface area (Å²) in [5.74, 6) is 0. The van der Waals surface area contributed by atoms with Crippen molar-refractivity contribution < 1.29 is 0 Å². The molecule has 2 rings (SSSR count). The van der Waals surface area contributed by atoms with E-state index in [4.69, 9.17) is 5.73 Å². The van der Waals surface area contributed by atoms with Crippen molar-refractivity contribution in [2.45, 2.75) is 25.8 Å². The van der Waals surface area contributed by atoms with Crippen molar-refractivity contribution in [2.24, 2.45) is 12.8 Å². The lowest BCUT2D eigenvalue weighted by atomic mass is 10.0. The number of pyridine rings is 1. The quantitative estimate of drug-likeness (QED) is 0.868. The van der Waals surface area contributed by atoms with Gasteiger partial charge in [0.15, 0.2) is 0 Å². The average molecular weight is 230 g/mol. The van der Waals surface area contributed by atoms with Gasteiger partial charge in [-0.15, -0.1) is 0 Å². The fraction of sp³-hybridized carbons (Fsp3) is 0.385. The first-order valence-corrected chi connectivity index (χ1v) is 5.87. The Labute approximate surface area is 101 Å². The van der Waals surface area contributed by atoms with Crippen LogP contribution in [0.3, 0.4) is 0 Å². The first kappa shape index (κ1) is 11.8. The van der Waals surface area contributed by atoms with Crippen LogP contribution in [-0.4, -0.2) is 14.8 Å². The fourth-order valence-electron chi connectivity index (χ4n) is 2.01. The number of aromatic nitrogens is 3. The van der Waals surface area contributed by atoms with Crippen LogP contribution >= 0.6 is 0 Å². The Kier molecular flexibility index (Phi) is 3.54. The standard InChI is InChI=1S/C13H18N4/c1-3-11-5-4-6-15-13(11)12(14)7-10-8-16-17(2)9-10/h4-6,8-9,12H,3,7,14H2,1-2H3. The fourth-order valence-corrected chi connectivity index (χ4v) is 2.01. The van der Waals surface area contributed by atoms with Gasteiger partial charge in [0.05, 0.1) is 17.9 Å².